The lowest BCUT2D eigenvalue weighted by Gasteiger charge is -2.14. The number of benzene rings is 1. The standard InChI is InChI=1S/C11H14N2O3/c1-12-9-5-3-8(4-6-9)11(16)13(2)7-10(14)15/h3-6,12H,7H2,1-2H3,(H,14,15). The maximum absolute atomic E-state index is 11.7. The molecule has 0 unspecified atom stereocenters. The van der Waals surface area contributed by atoms with E-state index in [0.717, 1.165) is 10.6 Å². The zero-order valence-corrected chi connectivity index (χ0v) is 9.23. The molecule has 0 bridgehead atoms. The second-order valence-corrected chi connectivity index (χ2v) is 3.38. The van der Waals surface area contributed by atoms with Gasteiger partial charge in [0.2, 0.25) is 0 Å². The van der Waals surface area contributed by atoms with Gasteiger partial charge in [0.15, 0.2) is 0 Å². The molecule has 0 saturated carbocycles. The minimum atomic E-state index is -1.03. The number of aliphatic carboxylic acids is 1. The maximum atomic E-state index is 11.7. The predicted molar refractivity (Wildman–Crippen MR) is 60.6 cm³/mol. The van der Waals surface area contributed by atoms with E-state index in [-0.39, 0.29) is 12.5 Å². The van der Waals surface area contributed by atoms with Gasteiger partial charge >= 0.3 is 5.97 Å². The monoisotopic (exact) mass is 222 g/mol. The summed E-state index contributed by atoms with van der Waals surface area (Å²) in [6, 6.07) is 6.85. The summed E-state index contributed by atoms with van der Waals surface area (Å²) < 4.78 is 0. The number of amides is 1. The van der Waals surface area contributed by atoms with Gasteiger partial charge in [0.25, 0.3) is 5.91 Å². The molecule has 0 saturated heterocycles. The highest BCUT2D eigenvalue weighted by molar-refractivity contribution is 5.95. The van der Waals surface area contributed by atoms with E-state index in [1.165, 1.54) is 7.05 Å². The summed E-state index contributed by atoms with van der Waals surface area (Å²) in [5.41, 5.74) is 1.38. The molecule has 2 N–H and O–H groups in total. The van der Waals surface area contributed by atoms with Gasteiger partial charge in [-0.25, -0.2) is 0 Å². The molecule has 0 aromatic heterocycles. The van der Waals surface area contributed by atoms with Gasteiger partial charge in [-0.15, -0.1) is 0 Å². The number of nitrogens with one attached hydrogen (secondary N) is 1. The van der Waals surface area contributed by atoms with Crippen LogP contribution in [0, 0.1) is 0 Å². The Bertz CT molecular complexity index is 387. The summed E-state index contributed by atoms with van der Waals surface area (Å²) in [7, 11) is 3.25. The Balaban J connectivity index is 2.75. The van der Waals surface area contributed by atoms with Crippen LogP contribution in [0.2, 0.25) is 0 Å². The summed E-state index contributed by atoms with van der Waals surface area (Å²) in [4.78, 5) is 23.3. The second-order valence-electron chi connectivity index (χ2n) is 3.38. The van der Waals surface area contributed by atoms with Crippen LogP contribution in [-0.4, -0.2) is 42.5 Å². The van der Waals surface area contributed by atoms with Crippen molar-refractivity contribution in [1.29, 1.82) is 0 Å². The van der Waals surface area contributed by atoms with Crippen molar-refractivity contribution in [3.63, 3.8) is 0 Å². The SMILES string of the molecule is CNc1ccc(C(=O)N(C)CC(=O)O)cc1. The number of carboxylic acid groups (broad SMARTS) is 1. The molecule has 0 atom stereocenters. The third kappa shape index (κ3) is 2.98. The van der Waals surface area contributed by atoms with Crippen molar-refractivity contribution in [3.05, 3.63) is 29.8 Å². The Hall–Kier alpha value is -2.04. The Labute approximate surface area is 93.7 Å². The molecular formula is C11H14N2O3. The molecule has 0 aliphatic heterocycles. The molecule has 5 heteroatoms. The number of hydrogen-bond acceptors (Lipinski definition) is 3. The molecule has 0 aliphatic rings. The molecule has 86 valence electrons. The molecule has 0 radical (unpaired) electrons. The molecule has 0 heterocycles. The van der Waals surface area contributed by atoms with E-state index in [1.54, 1.807) is 31.3 Å². The first kappa shape index (κ1) is 12.0. The van der Waals surface area contributed by atoms with Crippen molar-refractivity contribution >= 4 is 17.6 Å². The van der Waals surface area contributed by atoms with Crippen LogP contribution < -0.4 is 5.32 Å². The predicted octanol–water partition coefficient (Wildman–Crippen LogP) is 0.885. The third-order valence-electron chi connectivity index (χ3n) is 2.14. The Morgan fingerprint density at radius 2 is 1.88 bits per heavy atom. The topological polar surface area (TPSA) is 69.6 Å². The summed E-state index contributed by atoms with van der Waals surface area (Å²) in [6.07, 6.45) is 0. The van der Waals surface area contributed by atoms with Crippen molar-refractivity contribution in [2.75, 3.05) is 26.0 Å². The Kier molecular flexibility index (Phi) is 3.88. The average Bonchev–Trinajstić information content (AvgIpc) is 2.27. The van der Waals surface area contributed by atoms with E-state index in [9.17, 15) is 9.59 Å². The Morgan fingerprint density at radius 1 is 1.31 bits per heavy atom. The number of hydrogen-bond donors (Lipinski definition) is 2. The van der Waals surface area contributed by atoms with Crippen molar-refractivity contribution in [3.8, 4) is 0 Å². The molecule has 16 heavy (non-hydrogen) atoms. The number of carbonyl (C=O) groups is 2. The molecule has 5 nitrogen and oxygen atoms in total. The number of likely N-dealkylation sites (N-methyl/N-ethyl adjacent to an activating group) is 1. The minimum Gasteiger partial charge on any atom is -0.480 e. The molecular weight excluding hydrogens is 208 g/mol. The maximum Gasteiger partial charge on any atom is 0.323 e. The lowest BCUT2D eigenvalue weighted by Crippen LogP contribution is -2.31. The summed E-state index contributed by atoms with van der Waals surface area (Å²) in [6.45, 7) is -0.299. The molecule has 1 amide bonds. The largest absolute Gasteiger partial charge is 0.480 e. The van der Waals surface area contributed by atoms with Crippen LogP contribution in [0.15, 0.2) is 24.3 Å². The van der Waals surface area contributed by atoms with Gasteiger partial charge in [0.05, 0.1) is 0 Å². The van der Waals surface area contributed by atoms with Crippen molar-refractivity contribution < 1.29 is 14.7 Å². The van der Waals surface area contributed by atoms with Gasteiger partial charge in [-0.1, -0.05) is 0 Å². The molecule has 1 aromatic carbocycles. The lowest BCUT2D eigenvalue weighted by atomic mass is 10.2. The third-order valence-corrected chi connectivity index (χ3v) is 2.14. The highest BCUT2D eigenvalue weighted by Gasteiger charge is 2.13. The molecule has 0 spiro atoms. The molecule has 1 rings (SSSR count). The van der Waals surface area contributed by atoms with Gasteiger partial charge in [0, 0.05) is 25.3 Å². The average molecular weight is 222 g/mol. The van der Waals surface area contributed by atoms with Gasteiger partial charge in [-0.3, -0.25) is 9.59 Å². The van der Waals surface area contributed by atoms with Gasteiger partial charge in [-0.05, 0) is 24.3 Å². The van der Waals surface area contributed by atoms with Crippen molar-refractivity contribution in [2.24, 2.45) is 0 Å². The summed E-state index contributed by atoms with van der Waals surface area (Å²) >= 11 is 0. The molecule has 0 fully saturated rings. The smallest absolute Gasteiger partial charge is 0.323 e. The highest BCUT2D eigenvalue weighted by atomic mass is 16.4. The quantitative estimate of drug-likeness (QED) is 0.793. The Morgan fingerprint density at radius 3 is 2.31 bits per heavy atom. The molecule has 1 aromatic rings. The molecule has 0 aliphatic carbocycles. The highest BCUT2D eigenvalue weighted by Crippen LogP contribution is 2.10. The van der Waals surface area contributed by atoms with Crippen LogP contribution >= 0.6 is 0 Å². The number of rotatable bonds is 4. The van der Waals surface area contributed by atoms with Crippen LogP contribution in [0.25, 0.3) is 0 Å². The fourth-order valence-electron chi connectivity index (χ4n) is 1.27. The van der Waals surface area contributed by atoms with Crippen LogP contribution in [0.4, 0.5) is 5.69 Å². The lowest BCUT2D eigenvalue weighted by molar-refractivity contribution is -0.137. The van der Waals surface area contributed by atoms with E-state index >= 15 is 0 Å². The van der Waals surface area contributed by atoms with Crippen LogP contribution in [0.5, 0.6) is 0 Å². The van der Waals surface area contributed by atoms with Crippen molar-refractivity contribution in [2.45, 2.75) is 0 Å². The zero-order chi connectivity index (χ0) is 12.1. The minimum absolute atomic E-state index is 0.299. The van der Waals surface area contributed by atoms with Gasteiger partial charge in [0.1, 0.15) is 6.54 Å². The van der Waals surface area contributed by atoms with E-state index < -0.39 is 5.97 Å². The number of nitrogens with zero attached hydrogens (tertiary/aromatic N) is 1. The van der Waals surface area contributed by atoms with E-state index in [0.29, 0.717) is 5.56 Å². The van der Waals surface area contributed by atoms with E-state index in [1.807, 2.05) is 0 Å². The normalized spacial score (nSPS) is 9.62. The summed E-state index contributed by atoms with van der Waals surface area (Å²) in [5.74, 6) is -1.33. The van der Waals surface area contributed by atoms with Gasteiger partial charge in [-0.2, -0.15) is 0 Å². The van der Waals surface area contributed by atoms with E-state index in [4.69, 9.17) is 5.11 Å². The zero-order valence-electron chi connectivity index (χ0n) is 9.23. The number of carbonyl (C=O) groups excluding carboxylic acids is 1. The van der Waals surface area contributed by atoms with Crippen LogP contribution in [-0.2, 0) is 4.79 Å². The summed E-state index contributed by atoms with van der Waals surface area (Å²) in [5, 5.41) is 11.5. The first-order chi connectivity index (χ1) is 7.54. The fourth-order valence-corrected chi connectivity index (χ4v) is 1.27. The second kappa shape index (κ2) is 5.16. The van der Waals surface area contributed by atoms with Crippen LogP contribution in [0.3, 0.4) is 0 Å². The van der Waals surface area contributed by atoms with Crippen LogP contribution in [0.1, 0.15) is 10.4 Å². The van der Waals surface area contributed by atoms with E-state index in [2.05, 4.69) is 5.32 Å². The van der Waals surface area contributed by atoms with Crippen molar-refractivity contribution in [1.82, 2.24) is 4.90 Å². The fraction of sp³-hybridized carbons (Fsp3) is 0.273. The number of carboxylic acids is 1. The number of anilines is 1. The first-order valence-electron chi connectivity index (χ1n) is 4.79. The van der Waals surface area contributed by atoms with Gasteiger partial charge < -0.3 is 15.3 Å². The first-order valence-corrected chi connectivity index (χ1v) is 4.79.